The Bertz CT molecular complexity index is 318. The van der Waals surface area contributed by atoms with Crippen molar-refractivity contribution in [3.63, 3.8) is 0 Å². The largest absolute Gasteiger partial charge is 0.491 e. The molecular formula is C15H25NO. The van der Waals surface area contributed by atoms with E-state index in [9.17, 15) is 0 Å². The Hall–Kier alpha value is -1.02. The van der Waals surface area contributed by atoms with Crippen LogP contribution in [0.25, 0.3) is 0 Å². The van der Waals surface area contributed by atoms with E-state index in [1.807, 2.05) is 13.8 Å². The first-order valence-corrected chi connectivity index (χ1v) is 6.51. The third-order valence-electron chi connectivity index (χ3n) is 3.25. The minimum atomic E-state index is 0.231. The van der Waals surface area contributed by atoms with Gasteiger partial charge in [0.2, 0.25) is 0 Å². The molecule has 0 saturated heterocycles. The lowest BCUT2D eigenvalue weighted by atomic mass is 9.87. The van der Waals surface area contributed by atoms with Gasteiger partial charge in [0.1, 0.15) is 5.75 Å². The molecule has 0 amide bonds. The minimum absolute atomic E-state index is 0.231. The van der Waals surface area contributed by atoms with E-state index in [0.717, 1.165) is 18.7 Å². The summed E-state index contributed by atoms with van der Waals surface area (Å²) in [5.74, 6) is 2.12. The lowest BCUT2D eigenvalue weighted by Gasteiger charge is -2.20. The Kier molecular flexibility index (Phi) is 5.49. The van der Waals surface area contributed by atoms with Crippen molar-refractivity contribution in [3.05, 3.63) is 29.8 Å². The van der Waals surface area contributed by atoms with E-state index in [1.165, 1.54) is 5.56 Å². The summed E-state index contributed by atoms with van der Waals surface area (Å²) in [4.78, 5) is 0. The monoisotopic (exact) mass is 235 g/mol. The summed E-state index contributed by atoms with van der Waals surface area (Å²) in [6.07, 6.45) is 1.31. The summed E-state index contributed by atoms with van der Waals surface area (Å²) in [6.45, 7) is 9.37. The summed E-state index contributed by atoms with van der Waals surface area (Å²) in [7, 11) is 0. The molecule has 0 heterocycles. The highest BCUT2D eigenvalue weighted by Crippen LogP contribution is 2.27. The predicted octanol–water partition coefficient (Wildman–Crippen LogP) is 3.56. The van der Waals surface area contributed by atoms with Gasteiger partial charge in [0, 0.05) is 0 Å². The van der Waals surface area contributed by atoms with Crippen molar-refractivity contribution in [2.24, 2.45) is 11.7 Å². The number of nitrogens with two attached hydrogens (primary N) is 1. The fourth-order valence-corrected chi connectivity index (χ4v) is 1.96. The molecule has 0 bridgehead atoms. The number of hydrogen-bond acceptors (Lipinski definition) is 2. The number of benzene rings is 1. The van der Waals surface area contributed by atoms with E-state index in [4.69, 9.17) is 10.5 Å². The average Bonchev–Trinajstić information content (AvgIpc) is 2.28. The van der Waals surface area contributed by atoms with Gasteiger partial charge in [-0.1, -0.05) is 26.0 Å². The van der Waals surface area contributed by atoms with Gasteiger partial charge in [-0.15, -0.1) is 0 Å². The van der Waals surface area contributed by atoms with Gasteiger partial charge >= 0.3 is 0 Å². The van der Waals surface area contributed by atoms with E-state index < -0.39 is 0 Å². The zero-order chi connectivity index (χ0) is 12.8. The molecule has 0 saturated carbocycles. The molecule has 0 radical (unpaired) electrons. The summed E-state index contributed by atoms with van der Waals surface area (Å²) < 4.78 is 5.64. The second kappa shape index (κ2) is 6.65. The SMILES string of the molecule is CC(C)Oc1ccc(C(C)C(C)CCN)cc1. The molecule has 2 N–H and O–H groups in total. The average molecular weight is 235 g/mol. The fraction of sp³-hybridized carbons (Fsp3) is 0.600. The molecule has 17 heavy (non-hydrogen) atoms. The van der Waals surface area contributed by atoms with Crippen molar-refractivity contribution in [3.8, 4) is 5.75 Å². The highest BCUT2D eigenvalue weighted by Gasteiger charge is 2.13. The van der Waals surface area contributed by atoms with Crippen LogP contribution in [0.5, 0.6) is 5.75 Å². The lowest BCUT2D eigenvalue weighted by molar-refractivity contribution is 0.242. The van der Waals surface area contributed by atoms with Crippen molar-refractivity contribution < 1.29 is 4.74 Å². The smallest absolute Gasteiger partial charge is 0.119 e. The van der Waals surface area contributed by atoms with Gasteiger partial charge in [-0.05, 0) is 56.3 Å². The first-order valence-electron chi connectivity index (χ1n) is 6.51. The van der Waals surface area contributed by atoms with Gasteiger partial charge in [-0.2, -0.15) is 0 Å². The first-order chi connectivity index (χ1) is 8.04. The Labute approximate surface area is 105 Å². The molecular weight excluding hydrogens is 210 g/mol. The standard InChI is InChI=1S/C15H25NO/c1-11(2)17-15-7-5-14(6-8-15)13(4)12(3)9-10-16/h5-8,11-13H,9-10,16H2,1-4H3. The molecule has 96 valence electrons. The summed E-state index contributed by atoms with van der Waals surface area (Å²) in [6, 6.07) is 8.44. The molecule has 1 aromatic carbocycles. The van der Waals surface area contributed by atoms with Crippen molar-refractivity contribution in [2.75, 3.05) is 6.54 Å². The maximum Gasteiger partial charge on any atom is 0.119 e. The van der Waals surface area contributed by atoms with Crippen molar-refractivity contribution in [1.82, 2.24) is 0 Å². The number of ether oxygens (including phenoxy) is 1. The summed E-state index contributed by atoms with van der Waals surface area (Å²) in [5.41, 5.74) is 6.97. The number of rotatable bonds is 6. The second-order valence-electron chi connectivity index (χ2n) is 5.08. The Morgan fingerprint density at radius 2 is 1.65 bits per heavy atom. The molecule has 0 spiro atoms. The normalized spacial score (nSPS) is 14.7. The predicted molar refractivity (Wildman–Crippen MR) is 73.5 cm³/mol. The van der Waals surface area contributed by atoms with E-state index in [-0.39, 0.29) is 6.10 Å². The molecule has 0 aromatic heterocycles. The molecule has 2 nitrogen and oxygen atoms in total. The zero-order valence-corrected chi connectivity index (χ0v) is 11.4. The van der Waals surface area contributed by atoms with Gasteiger partial charge < -0.3 is 10.5 Å². The van der Waals surface area contributed by atoms with Gasteiger partial charge in [0.25, 0.3) is 0 Å². The topological polar surface area (TPSA) is 35.2 Å². The van der Waals surface area contributed by atoms with Gasteiger partial charge in [-0.25, -0.2) is 0 Å². The third kappa shape index (κ3) is 4.39. The van der Waals surface area contributed by atoms with Crippen LogP contribution in [0.4, 0.5) is 0 Å². The highest BCUT2D eigenvalue weighted by atomic mass is 16.5. The van der Waals surface area contributed by atoms with Crippen molar-refractivity contribution >= 4 is 0 Å². The molecule has 1 aromatic rings. The van der Waals surface area contributed by atoms with Gasteiger partial charge in [0.05, 0.1) is 6.10 Å². The molecule has 0 aliphatic heterocycles. The second-order valence-corrected chi connectivity index (χ2v) is 5.08. The number of hydrogen-bond donors (Lipinski definition) is 1. The molecule has 2 unspecified atom stereocenters. The maximum absolute atomic E-state index is 5.64. The van der Waals surface area contributed by atoms with Crippen molar-refractivity contribution in [1.29, 1.82) is 0 Å². The van der Waals surface area contributed by atoms with Gasteiger partial charge in [-0.3, -0.25) is 0 Å². The Morgan fingerprint density at radius 3 is 2.12 bits per heavy atom. The molecule has 2 atom stereocenters. The van der Waals surface area contributed by atoms with E-state index in [1.54, 1.807) is 0 Å². The third-order valence-corrected chi connectivity index (χ3v) is 3.25. The fourth-order valence-electron chi connectivity index (χ4n) is 1.96. The van der Waals surface area contributed by atoms with Gasteiger partial charge in [0.15, 0.2) is 0 Å². The maximum atomic E-state index is 5.64. The summed E-state index contributed by atoms with van der Waals surface area (Å²) in [5, 5.41) is 0. The zero-order valence-electron chi connectivity index (χ0n) is 11.4. The quantitative estimate of drug-likeness (QED) is 0.818. The van der Waals surface area contributed by atoms with Crippen LogP contribution >= 0.6 is 0 Å². The van der Waals surface area contributed by atoms with Crippen LogP contribution in [0.3, 0.4) is 0 Å². The molecule has 0 fully saturated rings. The molecule has 2 heteroatoms. The van der Waals surface area contributed by atoms with Crippen LogP contribution in [-0.2, 0) is 0 Å². The van der Waals surface area contributed by atoms with Crippen LogP contribution < -0.4 is 10.5 Å². The van der Waals surface area contributed by atoms with Crippen molar-refractivity contribution in [2.45, 2.75) is 46.1 Å². The lowest BCUT2D eigenvalue weighted by Crippen LogP contribution is -2.12. The first kappa shape index (κ1) is 14.0. The van der Waals surface area contributed by atoms with E-state index in [2.05, 4.69) is 38.1 Å². The van der Waals surface area contributed by atoms with Crippen LogP contribution in [0.15, 0.2) is 24.3 Å². The van der Waals surface area contributed by atoms with E-state index in [0.29, 0.717) is 11.8 Å². The van der Waals surface area contributed by atoms with E-state index >= 15 is 0 Å². The molecule has 0 aliphatic rings. The minimum Gasteiger partial charge on any atom is -0.491 e. The summed E-state index contributed by atoms with van der Waals surface area (Å²) >= 11 is 0. The van der Waals surface area contributed by atoms with Crippen LogP contribution in [-0.4, -0.2) is 12.6 Å². The highest BCUT2D eigenvalue weighted by molar-refractivity contribution is 5.29. The molecule has 0 aliphatic carbocycles. The van der Waals surface area contributed by atoms with Crippen LogP contribution in [0, 0.1) is 5.92 Å². The Morgan fingerprint density at radius 1 is 1.06 bits per heavy atom. The Balaban J connectivity index is 2.66. The molecule has 1 rings (SSSR count). The van der Waals surface area contributed by atoms with Crippen LogP contribution in [0.2, 0.25) is 0 Å². The van der Waals surface area contributed by atoms with Crippen LogP contribution in [0.1, 0.15) is 45.6 Å².